The molecule has 37 heavy (non-hydrogen) atoms. The van der Waals surface area contributed by atoms with Crippen LogP contribution in [0.25, 0.3) is 6.08 Å². The van der Waals surface area contributed by atoms with E-state index in [0.717, 1.165) is 53.5 Å². The molecule has 6 nitrogen and oxygen atoms in total. The van der Waals surface area contributed by atoms with Gasteiger partial charge >= 0.3 is 0 Å². The van der Waals surface area contributed by atoms with E-state index in [-0.39, 0.29) is 18.4 Å². The van der Waals surface area contributed by atoms with E-state index < -0.39 is 23.9 Å². The Morgan fingerprint density at radius 2 is 1.73 bits per heavy atom. The lowest BCUT2D eigenvalue weighted by Gasteiger charge is -2.36. The highest BCUT2D eigenvalue weighted by molar-refractivity contribution is 6.05. The van der Waals surface area contributed by atoms with E-state index >= 15 is 0 Å². The van der Waals surface area contributed by atoms with Gasteiger partial charge in [0.25, 0.3) is 0 Å². The van der Waals surface area contributed by atoms with Crippen molar-refractivity contribution in [2.24, 2.45) is 17.8 Å². The SMILES string of the molecule is CCCC1=C([C@H](O)CC/C(=C/c2cc(C)c(O)c(C)c2)CCC)[C@H](CO)[C@@H]2C(=O)N(CCC)C(=O)[C@@H]2C1. The van der Waals surface area contributed by atoms with Gasteiger partial charge in [-0.3, -0.25) is 14.5 Å². The highest BCUT2D eigenvalue weighted by atomic mass is 16.3. The van der Waals surface area contributed by atoms with Crippen LogP contribution in [0.4, 0.5) is 0 Å². The van der Waals surface area contributed by atoms with Crippen molar-refractivity contribution >= 4 is 17.9 Å². The second-order valence-corrected chi connectivity index (χ2v) is 10.9. The molecule has 4 atom stereocenters. The van der Waals surface area contributed by atoms with Gasteiger partial charge in [-0.05, 0) is 86.8 Å². The zero-order valence-corrected chi connectivity index (χ0v) is 23.2. The molecule has 3 rings (SSSR count). The van der Waals surface area contributed by atoms with Crippen LogP contribution < -0.4 is 0 Å². The average molecular weight is 512 g/mol. The maximum atomic E-state index is 13.2. The lowest BCUT2D eigenvalue weighted by Crippen LogP contribution is -2.39. The monoisotopic (exact) mass is 511 g/mol. The first-order chi connectivity index (χ1) is 17.7. The van der Waals surface area contributed by atoms with Gasteiger partial charge in [-0.25, -0.2) is 0 Å². The summed E-state index contributed by atoms with van der Waals surface area (Å²) < 4.78 is 0. The van der Waals surface area contributed by atoms with Gasteiger partial charge in [0.05, 0.1) is 24.5 Å². The van der Waals surface area contributed by atoms with E-state index in [1.165, 1.54) is 10.5 Å². The Morgan fingerprint density at radius 1 is 1.05 bits per heavy atom. The van der Waals surface area contributed by atoms with E-state index in [9.17, 15) is 24.9 Å². The number of rotatable bonds is 12. The third kappa shape index (κ3) is 6.18. The van der Waals surface area contributed by atoms with Crippen LogP contribution in [0.2, 0.25) is 0 Å². The third-order valence-corrected chi connectivity index (χ3v) is 8.02. The number of carbonyl (C=O) groups excluding carboxylic acids is 2. The number of nitrogens with zero attached hydrogens (tertiary/aromatic N) is 1. The average Bonchev–Trinajstić information content (AvgIpc) is 3.09. The van der Waals surface area contributed by atoms with Gasteiger partial charge in [-0.1, -0.05) is 50.8 Å². The maximum absolute atomic E-state index is 13.2. The molecular formula is C31H45NO5. The second kappa shape index (κ2) is 12.9. The highest BCUT2D eigenvalue weighted by Crippen LogP contribution is 2.47. The van der Waals surface area contributed by atoms with Crippen LogP contribution in [0.15, 0.2) is 28.9 Å². The lowest BCUT2D eigenvalue weighted by molar-refractivity contribution is -0.140. The molecule has 1 aromatic rings. The number of aryl methyl sites for hydroxylation is 2. The van der Waals surface area contributed by atoms with Gasteiger partial charge in [0, 0.05) is 12.5 Å². The predicted molar refractivity (Wildman–Crippen MR) is 147 cm³/mol. The van der Waals surface area contributed by atoms with Crippen LogP contribution in [0.3, 0.4) is 0 Å². The standard InChI is InChI=1S/C31H45NO5/c1-6-9-21(16-22-14-19(4)29(35)20(5)15-22)11-12-26(34)27-23(10-7-2)17-24-28(25(27)18-33)31(37)32(13-8-3)30(24)36/h14-16,24-26,28,33-35H,6-13,17-18H2,1-5H3/b21-16+/t24-,25+,26-,28-/m1/s1. The molecule has 3 N–H and O–H groups in total. The molecular weight excluding hydrogens is 466 g/mol. The molecule has 6 heteroatoms. The minimum Gasteiger partial charge on any atom is -0.507 e. The Kier molecular flexibility index (Phi) is 10.1. The molecule has 0 bridgehead atoms. The Hall–Kier alpha value is -2.44. The number of imide groups is 1. The van der Waals surface area contributed by atoms with Crippen molar-refractivity contribution in [2.45, 2.75) is 92.1 Å². The summed E-state index contributed by atoms with van der Waals surface area (Å²) in [5.41, 5.74) is 5.77. The molecule has 1 saturated heterocycles. The number of carbonyl (C=O) groups is 2. The summed E-state index contributed by atoms with van der Waals surface area (Å²) in [5, 5.41) is 32.0. The summed E-state index contributed by atoms with van der Waals surface area (Å²) in [6, 6.07) is 3.95. The predicted octanol–water partition coefficient (Wildman–Crippen LogP) is 5.45. The number of likely N-dealkylation sites (tertiary alicyclic amines) is 1. The van der Waals surface area contributed by atoms with E-state index in [0.29, 0.717) is 38.0 Å². The van der Waals surface area contributed by atoms with Gasteiger partial charge < -0.3 is 15.3 Å². The number of fused-ring (bicyclic) bond motifs is 1. The Balaban J connectivity index is 1.87. The number of aromatic hydroxyl groups is 1. The molecule has 1 aromatic carbocycles. The van der Waals surface area contributed by atoms with Crippen LogP contribution in [0, 0.1) is 31.6 Å². The topological polar surface area (TPSA) is 98.1 Å². The van der Waals surface area contributed by atoms with E-state index in [2.05, 4.69) is 19.9 Å². The van der Waals surface area contributed by atoms with Crippen molar-refractivity contribution in [1.29, 1.82) is 0 Å². The van der Waals surface area contributed by atoms with Crippen molar-refractivity contribution in [3.05, 3.63) is 45.5 Å². The number of phenols is 1. The van der Waals surface area contributed by atoms with Crippen LogP contribution in [-0.4, -0.2) is 51.3 Å². The van der Waals surface area contributed by atoms with Crippen LogP contribution >= 0.6 is 0 Å². The molecule has 0 saturated carbocycles. The Bertz CT molecular complexity index is 1030. The number of amides is 2. The van der Waals surface area contributed by atoms with Crippen molar-refractivity contribution < 1.29 is 24.9 Å². The fourth-order valence-corrected chi connectivity index (χ4v) is 6.38. The van der Waals surface area contributed by atoms with Crippen molar-refractivity contribution in [2.75, 3.05) is 13.2 Å². The number of hydrogen-bond acceptors (Lipinski definition) is 5. The molecule has 1 aliphatic heterocycles. The number of benzene rings is 1. The number of aliphatic hydroxyl groups is 2. The zero-order valence-electron chi connectivity index (χ0n) is 23.2. The van der Waals surface area contributed by atoms with Crippen LogP contribution in [0.1, 0.15) is 88.8 Å². The Morgan fingerprint density at radius 3 is 2.30 bits per heavy atom. The van der Waals surface area contributed by atoms with E-state index in [1.54, 1.807) is 0 Å². The molecule has 0 unspecified atom stereocenters. The molecule has 0 aromatic heterocycles. The fraction of sp³-hybridized carbons (Fsp3) is 0.613. The summed E-state index contributed by atoms with van der Waals surface area (Å²) >= 11 is 0. The van der Waals surface area contributed by atoms with Gasteiger partial charge in [-0.2, -0.15) is 0 Å². The minimum absolute atomic E-state index is 0.120. The zero-order chi connectivity index (χ0) is 27.3. The van der Waals surface area contributed by atoms with Crippen molar-refractivity contribution in [3.8, 4) is 5.75 Å². The molecule has 0 radical (unpaired) electrons. The van der Waals surface area contributed by atoms with Crippen LogP contribution in [-0.2, 0) is 9.59 Å². The summed E-state index contributed by atoms with van der Waals surface area (Å²) in [6.07, 6.45) is 7.29. The van der Waals surface area contributed by atoms with Gasteiger partial charge in [0.15, 0.2) is 0 Å². The number of phenolic OH excluding ortho intramolecular Hbond substituents is 1. The number of hydrogen-bond donors (Lipinski definition) is 3. The summed E-state index contributed by atoms with van der Waals surface area (Å²) in [5.74, 6) is -1.52. The molecule has 1 fully saturated rings. The number of allylic oxidation sites excluding steroid dienone is 2. The first-order valence-corrected chi connectivity index (χ1v) is 14.0. The molecule has 0 spiro atoms. The fourth-order valence-electron chi connectivity index (χ4n) is 6.38. The molecule has 2 amide bonds. The molecule has 1 heterocycles. The highest BCUT2D eigenvalue weighted by Gasteiger charge is 2.54. The Labute approximate surface area is 222 Å². The summed E-state index contributed by atoms with van der Waals surface area (Å²) in [7, 11) is 0. The lowest BCUT2D eigenvalue weighted by atomic mass is 9.67. The van der Waals surface area contributed by atoms with Gasteiger partial charge in [0.1, 0.15) is 5.75 Å². The normalized spacial score (nSPS) is 23.2. The van der Waals surface area contributed by atoms with E-state index in [4.69, 9.17) is 0 Å². The first kappa shape index (κ1) is 29.1. The molecule has 204 valence electrons. The van der Waals surface area contributed by atoms with E-state index in [1.807, 2.05) is 32.9 Å². The van der Waals surface area contributed by atoms with Crippen LogP contribution in [0.5, 0.6) is 5.75 Å². The number of aliphatic hydroxyl groups excluding tert-OH is 2. The van der Waals surface area contributed by atoms with Gasteiger partial charge in [-0.15, -0.1) is 0 Å². The largest absolute Gasteiger partial charge is 0.507 e. The molecule has 1 aliphatic carbocycles. The van der Waals surface area contributed by atoms with Crippen molar-refractivity contribution in [3.63, 3.8) is 0 Å². The smallest absolute Gasteiger partial charge is 0.233 e. The first-order valence-electron chi connectivity index (χ1n) is 14.0. The van der Waals surface area contributed by atoms with Gasteiger partial charge in [0.2, 0.25) is 11.8 Å². The third-order valence-electron chi connectivity index (χ3n) is 8.02. The summed E-state index contributed by atoms with van der Waals surface area (Å²) in [4.78, 5) is 27.7. The quantitative estimate of drug-likeness (QED) is 0.256. The second-order valence-electron chi connectivity index (χ2n) is 10.9. The van der Waals surface area contributed by atoms with Crippen molar-refractivity contribution in [1.82, 2.24) is 4.90 Å². The maximum Gasteiger partial charge on any atom is 0.233 e. The minimum atomic E-state index is -0.772. The summed E-state index contributed by atoms with van der Waals surface area (Å²) in [6.45, 7) is 10.1. The molecule has 2 aliphatic rings.